The molecular formula is C28H29N3O3S. The number of sulfone groups is 1. The Balaban J connectivity index is 1.88. The molecule has 1 aromatic heterocycles. The van der Waals surface area contributed by atoms with Crippen LogP contribution >= 0.6 is 0 Å². The first-order chi connectivity index (χ1) is 16.6. The van der Waals surface area contributed by atoms with Crippen LogP contribution in [0, 0.1) is 6.92 Å². The van der Waals surface area contributed by atoms with E-state index in [0.29, 0.717) is 22.2 Å². The first kappa shape index (κ1) is 24.4. The van der Waals surface area contributed by atoms with Crippen LogP contribution in [0.4, 0.5) is 0 Å². The Kier molecular flexibility index (Phi) is 6.63. The van der Waals surface area contributed by atoms with Crippen molar-refractivity contribution in [1.29, 1.82) is 0 Å². The van der Waals surface area contributed by atoms with Crippen LogP contribution in [-0.4, -0.2) is 35.1 Å². The molecule has 1 N–H and O–H groups in total. The molecule has 0 radical (unpaired) electrons. The summed E-state index contributed by atoms with van der Waals surface area (Å²) in [5, 5.41) is 12.7. The fourth-order valence-corrected chi connectivity index (χ4v) is 4.86. The molecule has 0 amide bonds. The molecule has 0 aliphatic heterocycles. The second-order valence-corrected chi connectivity index (χ2v) is 11.1. The molecule has 3 aromatic carbocycles. The first-order valence-electron chi connectivity index (χ1n) is 11.4. The average molecular weight is 488 g/mol. The van der Waals surface area contributed by atoms with Crippen molar-refractivity contribution in [3.8, 4) is 28.2 Å². The second kappa shape index (κ2) is 9.50. The topological polar surface area (TPSA) is 84.5 Å². The molecule has 180 valence electrons. The lowest BCUT2D eigenvalue weighted by atomic mass is 9.96. The SMILES string of the molecule is CC(=NO)c1cn(-c2ccc(-c3cccc(S(C)(=O)=O)c3)cc2C)c(-c2ccccc2C(C)C)n1. The zero-order valence-corrected chi connectivity index (χ0v) is 21.3. The lowest BCUT2D eigenvalue weighted by Gasteiger charge is -2.16. The van der Waals surface area contributed by atoms with Gasteiger partial charge in [-0.2, -0.15) is 0 Å². The molecule has 4 rings (SSSR count). The molecule has 1 heterocycles. The third-order valence-electron chi connectivity index (χ3n) is 6.10. The molecule has 0 saturated heterocycles. The molecule has 6 nitrogen and oxygen atoms in total. The zero-order valence-electron chi connectivity index (χ0n) is 20.5. The fraction of sp³-hybridized carbons (Fsp3) is 0.214. The Morgan fingerprint density at radius 3 is 2.37 bits per heavy atom. The summed E-state index contributed by atoms with van der Waals surface area (Å²) in [6, 6.07) is 21.2. The van der Waals surface area contributed by atoms with E-state index in [2.05, 4.69) is 31.1 Å². The predicted octanol–water partition coefficient (Wildman–Crippen LogP) is 6.24. The maximum atomic E-state index is 12.0. The highest BCUT2D eigenvalue weighted by Crippen LogP contribution is 2.33. The Hall–Kier alpha value is -3.71. The number of aromatic nitrogens is 2. The van der Waals surface area contributed by atoms with Gasteiger partial charge in [-0.3, -0.25) is 4.57 Å². The average Bonchev–Trinajstić information content (AvgIpc) is 3.28. The molecule has 0 aliphatic carbocycles. The van der Waals surface area contributed by atoms with E-state index in [-0.39, 0.29) is 0 Å². The van der Waals surface area contributed by atoms with Crippen molar-refractivity contribution in [3.05, 3.63) is 89.7 Å². The van der Waals surface area contributed by atoms with E-state index in [1.807, 2.05) is 54.1 Å². The Labute approximate surface area is 206 Å². The summed E-state index contributed by atoms with van der Waals surface area (Å²) in [5.74, 6) is 1.07. The van der Waals surface area contributed by atoms with Crippen LogP contribution in [-0.2, 0) is 9.84 Å². The van der Waals surface area contributed by atoms with E-state index in [1.54, 1.807) is 25.1 Å². The van der Waals surface area contributed by atoms with Gasteiger partial charge in [0.05, 0.1) is 10.6 Å². The molecule has 35 heavy (non-hydrogen) atoms. The predicted molar refractivity (Wildman–Crippen MR) is 140 cm³/mol. The highest BCUT2D eigenvalue weighted by molar-refractivity contribution is 7.90. The van der Waals surface area contributed by atoms with E-state index in [1.165, 1.54) is 11.8 Å². The number of oxime groups is 1. The molecule has 0 saturated carbocycles. The summed E-state index contributed by atoms with van der Waals surface area (Å²) in [6.07, 6.45) is 3.10. The van der Waals surface area contributed by atoms with Crippen molar-refractivity contribution in [1.82, 2.24) is 9.55 Å². The van der Waals surface area contributed by atoms with Gasteiger partial charge in [-0.25, -0.2) is 13.4 Å². The van der Waals surface area contributed by atoms with Crippen LogP contribution in [0.1, 0.15) is 43.5 Å². The van der Waals surface area contributed by atoms with Crippen molar-refractivity contribution in [2.75, 3.05) is 6.26 Å². The van der Waals surface area contributed by atoms with E-state index in [4.69, 9.17) is 4.98 Å². The molecule has 0 unspecified atom stereocenters. The summed E-state index contributed by atoms with van der Waals surface area (Å²) in [6.45, 7) is 8.04. The molecule has 4 aromatic rings. The van der Waals surface area contributed by atoms with Gasteiger partial charge in [0.2, 0.25) is 0 Å². The maximum absolute atomic E-state index is 12.0. The number of rotatable bonds is 6. The van der Waals surface area contributed by atoms with Gasteiger partial charge in [0, 0.05) is 18.0 Å². The van der Waals surface area contributed by atoms with Gasteiger partial charge < -0.3 is 5.21 Å². The Bertz CT molecular complexity index is 1530. The summed E-state index contributed by atoms with van der Waals surface area (Å²) in [7, 11) is -3.29. The lowest BCUT2D eigenvalue weighted by Crippen LogP contribution is -2.02. The molecule has 7 heteroatoms. The van der Waals surface area contributed by atoms with Crippen molar-refractivity contribution >= 4 is 15.5 Å². The molecule has 0 bridgehead atoms. The smallest absolute Gasteiger partial charge is 0.175 e. The minimum atomic E-state index is -3.29. The van der Waals surface area contributed by atoms with Crippen molar-refractivity contribution in [2.45, 2.75) is 38.5 Å². The number of nitrogens with zero attached hydrogens (tertiary/aromatic N) is 3. The van der Waals surface area contributed by atoms with Gasteiger partial charge in [0.15, 0.2) is 9.84 Å². The summed E-state index contributed by atoms with van der Waals surface area (Å²) in [4.78, 5) is 5.13. The summed E-state index contributed by atoms with van der Waals surface area (Å²) >= 11 is 0. The molecule has 0 fully saturated rings. The van der Waals surface area contributed by atoms with E-state index in [9.17, 15) is 13.6 Å². The van der Waals surface area contributed by atoms with Gasteiger partial charge in [0.1, 0.15) is 17.2 Å². The molecule has 0 atom stereocenters. The van der Waals surface area contributed by atoms with Crippen LogP contribution in [0.25, 0.3) is 28.2 Å². The largest absolute Gasteiger partial charge is 0.411 e. The highest BCUT2D eigenvalue weighted by Gasteiger charge is 2.19. The molecule has 0 spiro atoms. The van der Waals surface area contributed by atoms with Crippen molar-refractivity contribution in [3.63, 3.8) is 0 Å². The second-order valence-electron chi connectivity index (χ2n) is 9.05. The van der Waals surface area contributed by atoms with Crippen LogP contribution in [0.15, 0.2) is 83.0 Å². The standard InChI is InChI=1S/C28H29N3O3S/c1-18(2)24-11-6-7-12-25(24)28-29-26(20(4)30-32)17-31(28)27-14-13-22(15-19(27)3)21-9-8-10-23(16-21)35(5,33)34/h6-18,32H,1-5H3. The van der Waals surface area contributed by atoms with Crippen LogP contribution in [0.3, 0.4) is 0 Å². The minimum absolute atomic E-state index is 0.294. The minimum Gasteiger partial charge on any atom is -0.411 e. The molecular weight excluding hydrogens is 458 g/mol. The fourth-order valence-electron chi connectivity index (χ4n) is 4.20. The van der Waals surface area contributed by atoms with E-state index >= 15 is 0 Å². The summed E-state index contributed by atoms with van der Waals surface area (Å²) in [5.41, 5.74) is 6.91. The van der Waals surface area contributed by atoms with Crippen LogP contribution < -0.4 is 0 Å². The van der Waals surface area contributed by atoms with Gasteiger partial charge in [0.25, 0.3) is 0 Å². The van der Waals surface area contributed by atoms with E-state index < -0.39 is 9.84 Å². The third-order valence-corrected chi connectivity index (χ3v) is 7.21. The number of hydrogen-bond donors (Lipinski definition) is 1. The van der Waals surface area contributed by atoms with Gasteiger partial charge in [-0.1, -0.05) is 61.5 Å². The normalized spacial score (nSPS) is 12.3. The highest BCUT2D eigenvalue weighted by atomic mass is 32.2. The quantitative estimate of drug-likeness (QED) is 0.198. The lowest BCUT2D eigenvalue weighted by molar-refractivity contribution is 0.319. The van der Waals surface area contributed by atoms with Crippen molar-refractivity contribution < 1.29 is 13.6 Å². The zero-order chi connectivity index (χ0) is 25.3. The van der Waals surface area contributed by atoms with Crippen LogP contribution in [0.5, 0.6) is 0 Å². The summed E-state index contributed by atoms with van der Waals surface area (Å²) < 4.78 is 26.1. The van der Waals surface area contributed by atoms with E-state index in [0.717, 1.165) is 33.8 Å². The Morgan fingerprint density at radius 2 is 1.71 bits per heavy atom. The monoisotopic (exact) mass is 487 g/mol. The van der Waals surface area contributed by atoms with Gasteiger partial charge in [-0.15, -0.1) is 0 Å². The Morgan fingerprint density at radius 1 is 1.00 bits per heavy atom. The van der Waals surface area contributed by atoms with Gasteiger partial charge >= 0.3 is 0 Å². The van der Waals surface area contributed by atoms with Gasteiger partial charge in [-0.05, 0) is 66.3 Å². The molecule has 0 aliphatic rings. The van der Waals surface area contributed by atoms with Crippen LogP contribution in [0.2, 0.25) is 0 Å². The number of aryl methyl sites for hydroxylation is 1. The number of benzene rings is 3. The van der Waals surface area contributed by atoms with Crippen molar-refractivity contribution in [2.24, 2.45) is 5.16 Å². The number of imidazole rings is 1. The third kappa shape index (κ3) is 4.91. The first-order valence-corrected chi connectivity index (χ1v) is 13.3. The maximum Gasteiger partial charge on any atom is 0.175 e. The number of hydrogen-bond acceptors (Lipinski definition) is 5.